The zero-order valence-corrected chi connectivity index (χ0v) is 13.4. The number of anilines is 2. The van der Waals surface area contributed by atoms with Gasteiger partial charge in [0.25, 0.3) is 0 Å². The summed E-state index contributed by atoms with van der Waals surface area (Å²) in [6.07, 6.45) is 3.57. The average molecular weight is 321 g/mol. The van der Waals surface area contributed by atoms with Crippen LogP contribution in [0.2, 0.25) is 0 Å². The number of nitrogens with one attached hydrogen (secondary N) is 1. The Morgan fingerprint density at radius 3 is 2.71 bits per heavy atom. The van der Waals surface area contributed by atoms with Crippen molar-refractivity contribution < 1.29 is 4.74 Å². The van der Waals surface area contributed by atoms with E-state index in [1.165, 1.54) is 5.56 Å². The van der Waals surface area contributed by atoms with Gasteiger partial charge in [-0.25, -0.2) is 4.98 Å². The Bertz CT molecular complexity index is 818. The summed E-state index contributed by atoms with van der Waals surface area (Å²) < 4.78 is 5.46. The first kappa shape index (κ1) is 14.8. The molecular formula is C18H19N5O. The van der Waals surface area contributed by atoms with E-state index in [0.717, 1.165) is 43.0 Å². The Labute approximate surface area is 140 Å². The van der Waals surface area contributed by atoms with Gasteiger partial charge in [0, 0.05) is 31.2 Å². The van der Waals surface area contributed by atoms with Crippen LogP contribution in [0.1, 0.15) is 5.56 Å². The highest BCUT2D eigenvalue weighted by molar-refractivity contribution is 5.89. The highest BCUT2D eigenvalue weighted by Gasteiger charge is 2.17. The molecule has 2 aromatic heterocycles. The molecule has 1 N–H and O–H groups in total. The number of pyridine rings is 1. The minimum Gasteiger partial charge on any atom is -0.378 e. The van der Waals surface area contributed by atoms with Gasteiger partial charge in [0.05, 0.1) is 24.9 Å². The van der Waals surface area contributed by atoms with Gasteiger partial charge in [0.2, 0.25) is 5.95 Å². The van der Waals surface area contributed by atoms with E-state index in [4.69, 9.17) is 9.72 Å². The van der Waals surface area contributed by atoms with Crippen LogP contribution in [0.3, 0.4) is 0 Å². The molecular weight excluding hydrogens is 302 g/mol. The second-order valence-corrected chi connectivity index (χ2v) is 5.70. The standard InChI is InChI=1S/C18H19N5O/c1-2-4-14(5-3-1)12-20-18-21-16-13-19-7-6-15(16)17(22-18)23-8-10-24-11-9-23/h1-7,13H,8-12H2,(H,20,21,22). The molecule has 0 saturated carbocycles. The van der Waals surface area contributed by atoms with Crippen molar-refractivity contribution >= 4 is 22.7 Å². The maximum absolute atomic E-state index is 5.46. The molecule has 24 heavy (non-hydrogen) atoms. The van der Waals surface area contributed by atoms with Crippen molar-refractivity contribution in [2.24, 2.45) is 0 Å². The van der Waals surface area contributed by atoms with Crippen LogP contribution in [0.4, 0.5) is 11.8 Å². The predicted octanol–water partition coefficient (Wildman–Crippen LogP) is 2.47. The topological polar surface area (TPSA) is 63.2 Å². The average Bonchev–Trinajstić information content (AvgIpc) is 2.67. The monoisotopic (exact) mass is 321 g/mol. The molecule has 3 heterocycles. The van der Waals surface area contributed by atoms with E-state index in [-0.39, 0.29) is 0 Å². The number of rotatable bonds is 4. The van der Waals surface area contributed by atoms with Crippen LogP contribution in [0, 0.1) is 0 Å². The van der Waals surface area contributed by atoms with E-state index in [1.54, 1.807) is 12.4 Å². The minimum absolute atomic E-state index is 0.626. The molecule has 6 heteroatoms. The second kappa shape index (κ2) is 6.80. The maximum atomic E-state index is 5.46. The van der Waals surface area contributed by atoms with E-state index < -0.39 is 0 Å². The van der Waals surface area contributed by atoms with E-state index >= 15 is 0 Å². The largest absolute Gasteiger partial charge is 0.378 e. The van der Waals surface area contributed by atoms with Crippen LogP contribution >= 0.6 is 0 Å². The van der Waals surface area contributed by atoms with Gasteiger partial charge in [-0.15, -0.1) is 0 Å². The molecule has 1 aromatic carbocycles. The van der Waals surface area contributed by atoms with Crippen molar-refractivity contribution in [1.82, 2.24) is 15.0 Å². The Morgan fingerprint density at radius 2 is 1.88 bits per heavy atom. The van der Waals surface area contributed by atoms with Gasteiger partial charge in [0.15, 0.2) is 0 Å². The molecule has 122 valence electrons. The normalized spacial score (nSPS) is 14.8. The van der Waals surface area contributed by atoms with Crippen LogP contribution in [0.5, 0.6) is 0 Å². The Morgan fingerprint density at radius 1 is 1.04 bits per heavy atom. The number of nitrogens with zero attached hydrogens (tertiary/aromatic N) is 4. The second-order valence-electron chi connectivity index (χ2n) is 5.70. The highest BCUT2D eigenvalue weighted by atomic mass is 16.5. The molecule has 3 aromatic rings. The summed E-state index contributed by atoms with van der Waals surface area (Å²) in [6, 6.07) is 12.2. The van der Waals surface area contributed by atoms with E-state index in [1.807, 2.05) is 24.3 Å². The quantitative estimate of drug-likeness (QED) is 0.796. The smallest absolute Gasteiger partial charge is 0.225 e. The zero-order chi connectivity index (χ0) is 16.2. The third-order valence-corrected chi connectivity index (χ3v) is 4.08. The van der Waals surface area contributed by atoms with Crippen LogP contribution in [0.25, 0.3) is 10.9 Å². The fourth-order valence-electron chi connectivity index (χ4n) is 2.84. The number of morpholine rings is 1. The molecule has 0 atom stereocenters. The molecule has 0 unspecified atom stereocenters. The van der Waals surface area contributed by atoms with Crippen LogP contribution in [-0.4, -0.2) is 41.3 Å². The number of ether oxygens (including phenoxy) is 1. The lowest BCUT2D eigenvalue weighted by Crippen LogP contribution is -2.37. The van der Waals surface area contributed by atoms with Crippen molar-refractivity contribution in [3.63, 3.8) is 0 Å². The van der Waals surface area contributed by atoms with Gasteiger partial charge in [-0.2, -0.15) is 4.98 Å². The van der Waals surface area contributed by atoms with Crippen molar-refractivity contribution in [3.05, 3.63) is 54.4 Å². The summed E-state index contributed by atoms with van der Waals surface area (Å²) in [7, 11) is 0. The van der Waals surface area contributed by atoms with Crippen molar-refractivity contribution in [2.75, 3.05) is 36.5 Å². The van der Waals surface area contributed by atoms with E-state index in [0.29, 0.717) is 12.5 Å². The molecule has 1 saturated heterocycles. The molecule has 1 aliphatic heterocycles. The number of benzene rings is 1. The van der Waals surface area contributed by atoms with Gasteiger partial charge in [-0.05, 0) is 11.6 Å². The molecule has 1 aliphatic rings. The SMILES string of the molecule is c1ccc(CNc2nc(N3CCOCC3)c3ccncc3n2)cc1. The number of fused-ring (bicyclic) bond motifs is 1. The highest BCUT2D eigenvalue weighted by Crippen LogP contribution is 2.25. The number of hydrogen-bond acceptors (Lipinski definition) is 6. The first-order valence-corrected chi connectivity index (χ1v) is 8.12. The van der Waals surface area contributed by atoms with Gasteiger partial charge in [-0.3, -0.25) is 4.98 Å². The van der Waals surface area contributed by atoms with Crippen molar-refractivity contribution in [2.45, 2.75) is 6.54 Å². The fourth-order valence-corrected chi connectivity index (χ4v) is 2.84. The fraction of sp³-hybridized carbons (Fsp3) is 0.278. The lowest BCUT2D eigenvalue weighted by atomic mass is 10.2. The molecule has 0 bridgehead atoms. The van der Waals surface area contributed by atoms with E-state index in [9.17, 15) is 0 Å². The molecule has 6 nitrogen and oxygen atoms in total. The maximum Gasteiger partial charge on any atom is 0.225 e. The van der Waals surface area contributed by atoms with Crippen molar-refractivity contribution in [3.8, 4) is 0 Å². The summed E-state index contributed by atoms with van der Waals surface area (Å²) >= 11 is 0. The molecule has 0 aliphatic carbocycles. The van der Waals surface area contributed by atoms with E-state index in [2.05, 4.69) is 32.3 Å². The van der Waals surface area contributed by atoms with Gasteiger partial charge < -0.3 is 15.0 Å². The third-order valence-electron chi connectivity index (χ3n) is 4.08. The predicted molar refractivity (Wildman–Crippen MR) is 94.1 cm³/mol. The first-order valence-electron chi connectivity index (χ1n) is 8.12. The number of hydrogen-bond donors (Lipinski definition) is 1. The summed E-state index contributed by atoms with van der Waals surface area (Å²) in [4.78, 5) is 15.8. The van der Waals surface area contributed by atoms with Crippen molar-refractivity contribution in [1.29, 1.82) is 0 Å². The number of aromatic nitrogens is 3. The third kappa shape index (κ3) is 3.14. The zero-order valence-electron chi connectivity index (χ0n) is 13.4. The molecule has 0 spiro atoms. The molecule has 0 amide bonds. The Hall–Kier alpha value is -2.73. The lowest BCUT2D eigenvalue weighted by Gasteiger charge is -2.28. The molecule has 1 fully saturated rings. The summed E-state index contributed by atoms with van der Waals surface area (Å²) in [5.41, 5.74) is 2.05. The van der Waals surface area contributed by atoms with Crippen LogP contribution in [-0.2, 0) is 11.3 Å². The van der Waals surface area contributed by atoms with Crippen LogP contribution in [0.15, 0.2) is 48.8 Å². The molecule has 0 radical (unpaired) electrons. The van der Waals surface area contributed by atoms with Crippen LogP contribution < -0.4 is 10.2 Å². The molecule has 4 rings (SSSR count). The first-order chi connectivity index (χ1) is 11.9. The van der Waals surface area contributed by atoms with Gasteiger partial charge in [-0.1, -0.05) is 30.3 Å². The summed E-state index contributed by atoms with van der Waals surface area (Å²) in [6.45, 7) is 3.82. The van der Waals surface area contributed by atoms with Gasteiger partial charge in [0.1, 0.15) is 5.82 Å². The Kier molecular flexibility index (Phi) is 4.20. The summed E-state index contributed by atoms with van der Waals surface area (Å²) in [5, 5.41) is 4.35. The lowest BCUT2D eigenvalue weighted by molar-refractivity contribution is 0.122. The minimum atomic E-state index is 0.626. The van der Waals surface area contributed by atoms with Gasteiger partial charge >= 0.3 is 0 Å². The Balaban J connectivity index is 1.65. The summed E-state index contributed by atoms with van der Waals surface area (Å²) in [5.74, 6) is 1.57.